The van der Waals surface area contributed by atoms with Gasteiger partial charge in [0.25, 0.3) is 0 Å². The van der Waals surface area contributed by atoms with Gasteiger partial charge in [0, 0.05) is 29.5 Å². The molecule has 0 aliphatic carbocycles. The number of hydrogen-bond acceptors (Lipinski definition) is 1. The molecule has 110 valence electrons. The largest absolute Gasteiger partial charge is 0.344 e. The highest BCUT2D eigenvalue weighted by Gasteiger charge is 2.26. The molecule has 1 aliphatic heterocycles. The fourth-order valence-corrected chi connectivity index (χ4v) is 3.49. The summed E-state index contributed by atoms with van der Waals surface area (Å²) in [5, 5.41) is 1.38. The standard InChI is InChI=1S/C20H20N2/c1-4-8-18-14(2)17-11-15-13-22(16-9-6-5-7-10-16)19(15)12-20(17)21(18)3/h4-12H,13H2,1-3H3/b8-4-. The lowest BCUT2D eigenvalue weighted by atomic mass is 9.98. The Labute approximate surface area is 131 Å². The van der Waals surface area contributed by atoms with E-state index in [2.05, 4.69) is 85.0 Å². The summed E-state index contributed by atoms with van der Waals surface area (Å²) in [6.07, 6.45) is 4.31. The molecule has 1 aromatic heterocycles. The monoisotopic (exact) mass is 288 g/mol. The first kappa shape index (κ1) is 13.2. The van der Waals surface area contributed by atoms with Crippen LogP contribution in [0.25, 0.3) is 17.0 Å². The average molecular weight is 288 g/mol. The molecule has 2 nitrogen and oxygen atoms in total. The summed E-state index contributed by atoms with van der Waals surface area (Å²) >= 11 is 0. The van der Waals surface area contributed by atoms with E-state index in [1.54, 1.807) is 0 Å². The third-order valence-electron chi connectivity index (χ3n) is 4.72. The van der Waals surface area contributed by atoms with E-state index in [1.165, 1.54) is 39.1 Å². The summed E-state index contributed by atoms with van der Waals surface area (Å²) in [6, 6.07) is 15.3. The van der Waals surface area contributed by atoms with E-state index in [4.69, 9.17) is 0 Å². The molecule has 2 heteroatoms. The van der Waals surface area contributed by atoms with E-state index in [9.17, 15) is 0 Å². The van der Waals surface area contributed by atoms with Gasteiger partial charge in [0.1, 0.15) is 0 Å². The Balaban J connectivity index is 1.88. The van der Waals surface area contributed by atoms with E-state index in [1.807, 2.05) is 0 Å². The number of para-hydroxylation sites is 1. The molecule has 0 N–H and O–H groups in total. The molecule has 4 rings (SSSR count). The number of benzene rings is 2. The number of rotatable bonds is 2. The van der Waals surface area contributed by atoms with E-state index < -0.39 is 0 Å². The number of nitrogens with zero attached hydrogens (tertiary/aromatic N) is 2. The van der Waals surface area contributed by atoms with Crippen LogP contribution in [0.4, 0.5) is 11.4 Å². The van der Waals surface area contributed by atoms with Crippen molar-refractivity contribution in [2.45, 2.75) is 20.4 Å². The summed E-state index contributed by atoms with van der Waals surface area (Å²) in [7, 11) is 2.16. The zero-order valence-corrected chi connectivity index (χ0v) is 13.3. The van der Waals surface area contributed by atoms with Crippen LogP contribution in [0.15, 0.2) is 48.5 Å². The topological polar surface area (TPSA) is 8.17 Å². The maximum Gasteiger partial charge on any atom is 0.0506 e. The van der Waals surface area contributed by atoms with Gasteiger partial charge in [-0.25, -0.2) is 0 Å². The summed E-state index contributed by atoms with van der Waals surface area (Å²) in [5.74, 6) is 0. The molecule has 0 fully saturated rings. The van der Waals surface area contributed by atoms with Gasteiger partial charge in [-0.05, 0) is 55.3 Å². The highest BCUT2D eigenvalue weighted by atomic mass is 15.2. The molecule has 2 heterocycles. The van der Waals surface area contributed by atoms with Crippen LogP contribution < -0.4 is 4.90 Å². The molecule has 2 aromatic carbocycles. The smallest absolute Gasteiger partial charge is 0.0506 e. The SMILES string of the molecule is C/C=C\c1c(C)c2cc3c(cc2n1C)N(c1ccccc1)C3. The van der Waals surface area contributed by atoms with Gasteiger partial charge in [0.05, 0.1) is 12.1 Å². The van der Waals surface area contributed by atoms with Crippen molar-refractivity contribution in [1.82, 2.24) is 4.57 Å². The van der Waals surface area contributed by atoms with Gasteiger partial charge < -0.3 is 9.47 Å². The molecule has 0 amide bonds. The Morgan fingerprint density at radius 2 is 1.86 bits per heavy atom. The molecule has 1 aliphatic rings. The molecule has 0 spiro atoms. The summed E-state index contributed by atoms with van der Waals surface area (Å²) < 4.78 is 2.30. The zero-order chi connectivity index (χ0) is 15.3. The summed E-state index contributed by atoms with van der Waals surface area (Å²) in [6.45, 7) is 5.30. The maximum atomic E-state index is 2.38. The minimum atomic E-state index is 1.00. The van der Waals surface area contributed by atoms with Gasteiger partial charge in [-0.3, -0.25) is 0 Å². The van der Waals surface area contributed by atoms with Crippen molar-refractivity contribution in [2.75, 3.05) is 4.90 Å². The fraction of sp³-hybridized carbons (Fsp3) is 0.200. The molecule has 0 atom stereocenters. The Bertz CT molecular complexity index is 885. The van der Waals surface area contributed by atoms with Gasteiger partial charge in [-0.15, -0.1) is 0 Å². The molecular weight excluding hydrogens is 268 g/mol. The number of hydrogen-bond donors (Lipinski definition) is 0. The molecule has 0 saturated carbocycles. The number of fused-ring (bicyclic) bond motifs is 2. The normalized spacial score (nSPS) is 13.7. The van der Waals surface area contributed by atoms with Crippen molar-refractivity contribution in [3.05, 3.63) is 65.4 Å². The fourth-order valence-electron chi connectivity index (χ4n) is 3.49. The number of aromatic nitrogens is 1. The molecule has 0 bridgehead atoms. The first-order valence-electron chi connectivity index (χ1n) is 7.78. The van der Waals surface area contributed by atoms with Crippen LogP contribution in [0.1, 0.15) is 23.7 Å². The van der Waals surface area contributed by atoms with Crippen molar-refractivity contribution >= 4 is 28.4 Å². The highest BCUT2D eigenvalue weighted by Crippen LogP contribution is 2.42. The van der Waals surface area contributed by atoms with Crippen molar-refractivity contribution in [3.8, 4) is 0 Å². The Morgan fingerprint density at radius 3 is 2.59 bits per heavy atom. The minimum Gasteiger partial charge on any atom is -0.344 e. The van der Waals surface area contributed by atoms with E-state index in [-0.39, 0.29) is 0 Å². The third kappa shape index (κ3) is 1.73. The number of aryl methyl sites for hydroxylation is 2. The Hall–Kier alpha value is -2.48. The quantitative estimate of drug-likeness (QED) is 0.631. The van der Waals surface area contributed by atoms with E-state index in [0.29, 0.717) is 0 Å². The van der Waals surface area contributed by atoms with Crippen molar-refractivity contribution < 1.29 is 0 Å². The van der Waals surface area contributed by atoms with Gasteiger partial charge in [0.2, 0.25) is 0 Å². The first-order valence-corrected chi connectivity index (χ1v) is 7.78. The predicted octanol–water partition coefficient (Wildman–Crippen LogP) is 5.17. The summed E-state index contributed by atoms with van der Waals surface area (Å²) in [4.78, 5) is 2.38. The highest BCUT2D eigenvalue weighted by molar-refractivity contribution is 5.94. The van der Waals surface area contributed by atoms with Crippen LogP contribution in [-0.2, 0) is 13.6 Å². The van der Waals surface area contributed by atoms with Crippen LogP contribution in [-0.4, -0.2) is 4.57 Å². The van der Waals surface area contributed by atoms with Crippen LogP contribution in [0.3, 0.4) is 0 Å². The second-order valence-electron chi connectivity index (χ2n) is 5.99. The number of anilines is 2. The van der Waals surface area contributed by atoms with Crippen LogP contribution in [0, 0.1) is 6.92 Å². The lowest BCUT2D eigenvalue weighted by molar-refractivity contribution is 0.884. The lowest BCUT2D eigenvalue weighted by Crippen LogP contribution is -2.27. The first-order chi connectivity index (χ1) is 10.7. The molecule has 0 unspecified atom stereocenters. The average Bonchev–Trinajstić information content (AvgIpc) is 2.74. The molecule has 0 saturated heterocycles. The maximum absolute atomic E-state index is 2.38. The number of allylic oxidation sites excluding steroid dienone is 1. The second kappa shape index (κ2) is 4.77. The lowest BCUT2D eigenvalue weighted by Gasteiger charge is -2.36. The molecule has 22 heavy (non-hydrogen) atoms. The van der Waals surface area contributed by atoms with Crippen LogP contribution >= 0.6 is 0 Å². The van der Waals surface area contributed by atoms with Gasteiger partial charge >= 0.3 is 0 Å². The Morgan fingerprint density at radius 1 is 1.09 bits per heavy atom. The van der Waals surface area contributed by atoms with Gasteiger partial charge in [0.15, 0.2) is 0 Å². The second-order valence-corrected chi connectivity index (χ2v) is 5.99. The van der Waals surface area contributed by atoms with Crippen molar-refractivity contribution in [1.29, 1.82) is 0 Å². The zero-order valence-electron chi connectivity index (χ0n) is 13.3. The molecule has 0 radical (unpaired) electrons. The van der Waals surface area contributed by atoms with Crippen LogP contribution in [0.5, 0.6) is 0 Å². The molecular formula is C20H20N2. The van der Waals surface area contributed by atoms with Gasteiger partial charge in [-0.1, -0.05) is 24.3 Å². The minimum absolute atomic E-state index is 1.00. The molecule has 3 aromatic rings. The van der Waals surface area contributed by atoms with Crippen LogP contribution in [0.2, 0.25) is 0 Å². The van der Waals surface area contributed by atoms with Gasteiger partial charge in [-0.2, -0.15) is 0 Å². The van der Waals surface area contributed by atoms with E-state index >= 15 is 0 Å². The van der Waals surface area contributed by atoms with Crippen molar-refractivity contribution in [2.24, 2.45) is 7.05 Å². The van der Waals surface area contributed by atoms with E-state index in [0.717, 1.165) is 6.54 Å². The van der Waals surface area contributed by atoms with Crippen molar-refractivity contribution in [3.63, 3.8) is 0 Å². The summed E-state index contributed by atoms with van der Waals surface area (Å²) in [5.41, 5.74) is 8.03. The Kier molecular flexibility index (Phi) is 2.86. The predicted molar refractivity (Wildman–Crippen MR) is 94.6 cm³/mol. The third-order valence-corrected chi connectivity index (χ3v) is 4.72.